The molecule has 3 aromatic heterocycles. The molecule has 5 aromatic rings. The molecular formula is C26H24ClFN8O. The molecule has 1 fully saturated rings. The monoisotopic (exact) mass is 518 g/mol. The van der Waals surface area contributed by atoms with Gasteiger partial charge in [0.05, 0.1) is 10.4 Å². The maximum absolute atomic E-state index is 14.7. The van der Waals surface area contributed by atoms with Crippen LogP contribution in [0.5, 0.6) is 0 Å². The van der Waals surface area contributed by atoms with Gasteiger partial charge in [-0.05, 0) is 49.9 Å². The lowest BCUT2D eigenvalue weighted by atomic mass is 10.1. The summed E-state index contributed by atoms with van der Waals surface area (Å²) in [4.78, 5) is 31.5. The number of piperazine rings is 1. The van der Waals surface area contributed by atoms with Gasteiger partial charge in [-0.3, -0.25) is 4.79 Å². The average Bonchev–Trinajstić information content (AvgIpc) is 3.36. The summed E-state index contributed by atoms with van der Waals surface area (Å²) in [5.74, 6) is -0.302. The van der Waals surface area contributed by atoms with Gasteiger partial charge < -0.3 is 15.1 Å². The minimum absolute atomic E-state index is 0.0582. The van der Waals surface area contributed by atoms with Crippen LogP contribution in [0.25, 0.3) is 22.2 Å². The van der Waals surface area contributed by atoms with E-state index in [1.165, 1.54) is 40.8 Å². The van der Waals surface area contributed by atoms with E-state index in [-0.39, 0.29) is 16.1 Å². The van der Waals surface area contributed by atoms with E-state index in [2.05, 4.69) is 56.2 Å². The highest BCUT2D eigenvalue weighted by Crippen LogP contribution is 2.27. The van der Waals surface area contributed by atoms with Gasteiger partial charge >= 0.3 is 0 Å². The van der Waals surface area contributed by atoms with Crippen LogP contribution in [0.1, 0.15) is 5.56 Å². The predicted molar refractivity (Wildman–Crippen MR) is 143 cm³/mol. The summed E-state index contributed by atoms with van der Waals surface area (Å²) in [6.07, 6.45) is 4.52. The second-order valence-electron chi connectivity index (χ2n) is 9.16. The zero-order valence-corrected chi connectivity index (χ0v) is 21.1. The van der Waals surface area contributed by atoms with Gasteiger partial charge in [0.1, 0.15) is 17.0 Å². The van der Waals surface area contributed by atoms with E-state index >= 15 is 0 Å². The van der Waals surface area contributed by atoms with Crippen molar-refractivity contribution in [2.45, 2.75) is 6.92 Å². The molecule has 1 aliphatic rings. The number of halogens is 2. The number of nitrogens with one attached hydrogen (secondary N) is 1. The molecule has 0 saturated carbocycles. The van der Waals surface area contributed by atoms with Crippen LogP contribution in [-0.2, 0) is 0 Å². The maximum atomic E-state index is 14.7. The molecule has 1 N–H and O–H groups in total. The summed E-state index contributed by atoms with van der Waals surface area (Å²) in [6.45, 7) is 6.15. The van der Waals surface area contributed by atoms with Crippen molar-refractivity contribution in [3.8, 4) is 5.69 Å². The fraction of sp³-hybridized carbons (Fsp3) is 0.231. The van der Waals surface area contributed by atoms with Gasteiger partial charge in [0.15, 0.2) is 5.65 Å². The molecule has 4 heterocycles. The van der Waals surface area contributed by atoms with Crippen LogP contribution in [0.15, 0.2) is 59.8 Å². The number of para-hydroxylation sites is 1. The Morgan fingerprint density at radius 1 is 1.08 bits per heavy atom. The minimum Gasteiger partial charge on any atom is -0.369 e. The lowest BCUT2D eigenvalue weighted by molar-refractivity contribution is 0.312. The number of hydrogen-bond donors (Lipinski definition) is 1. The van der Waals surface area contributed by atoms with E-state index in [9.17, 15) is 9.18 Å². The van der Waals surface area contributed by atoms with Gasteiger partial charge in [0.2, 0.25) is 5.95 Å². The Labute approximate surface area is 216 Å². The number of likely N-dealkylation sites (N-methyl/N-ethyl adjacent to an activating group) is 1. The number of imidazole rings is 1. The number of aromatic nitrogens is 5. The third kappa shape index (κ3) is 4.08. The molecule has 1 saturated heterocycles. The molecule has 9 nitrogen and oxygen atoms in total. The Morgan fingerprint density at radius 3 is 2.65 bits per heavy atom. The number of rotatable bonds is 4. The SMILES string of the molecule is Cc1cc(Nc2ncc3c(=O)n(-c4c(F)cccc4Cl)n4ccnc4c3n2)ccc1N1CCN(C)CC1. The number of aryl methyl sites for hydroxylation is 1. The summed E-state index contributed by atoms with van der Waals surface area (Å²) in [5, 5.41) is 3.54. The van der Waals surface area contributed by atoms with E-state index < -0.39 is 11.4 Å². The van der Waals surface area contributed by atoms with Gasteiger partial charge in [-0.25, -0.2) is 28.5 Å². The number of hydrogen-bond acceptors (Lipinski definition) is 7. The Kier molecular flexibility index (Phi) is 5.77. The van der Waals surface area contributed by atoms with Crippen molar-refractivity contribution in [2.75, 3.05) is 43.4 Å². The Balaban J connectivity index is 1.38. The average molecular weight is 519 g/mol. The molecule has 0 atom stereocenters. The smallest absolute Gasteiger partial charge is 0.281 e. The first-order valence-electron chi connectivity index (χ1n) is 11.9. The fourth-order valence-corrected chi connectivity index (χ4v) is 5.02. The molecule has 188 valence electrons. The second kappa shape index (κ2) is 9.13. The van der Waals surface area contributed by atoms with Crippen LogP contribution in [-0.4, -0.2) is 62.3 Å². The lowest BCUT2D eigenvalue weighted by Gasteiger charge is -2.35. The van der Waals surface area contributed by atoms with E-state index in [1.807, 2.05) is 6.07 Å². The first-order chi connectivity index (χ1) is 17.9. The second-order valence-corrected chi connectivity index (χ2v) is 9.56. The molecule has 2 aromatic carbocycles. The van der Waals surface area contributed by atoms with Crippen molar-refractivity contribution in [3.05, 3.63) is 81.7 Å². The molecule has 0 radical (unpaired) electrons. The van der Waals surface area contributed by atoms with Gasteiger partial charge in [-0.1, -0.05) is 17.7 Å². The Morgan fingerprint density at radius 2 is 1.89 bits per heavy atom. The van der Waals surface area contributed by atoms with Crippen molar-refractivity contribution >= 4 is 45.5 Å². The van der Waals surface area contributed by atoms with Gasteiger partial charge in [0, 0.05) is 56.1 Å². The van der Waals surface area contributed by atoms with Crippen LogP contribution in [0.4, 0.5) is 21.7 Å². The van der Waals surface area contributed by atoms with E-state index in [1.54, 1.807) is 6.20 Å². The Bertz CT molecular complexity index is 1690. The highest BCUT2D eigenvalue weighted by Gasteiger charge is 2.20. The van der Waals surface area contributed by atoms with Crippen molar-refractivity contribution in [2.24, 2.45) is 0 Å². The molecule has 0 aliphatic carbocycles. The molecule has 0 amide bonds. The third-order valence-electron chi connectivity index (χ3n) is 6.71. The standard InChI is InChI=1S/C26H24ClFN8O/c1-16-14-17(6-7-21(16)34-12-10-33(2)11-13-34)31-26-30-15-18-22(32-26)24-29-8-9-35(24)36(25(18)37)23-19(27)4-3-5-20(23)28/h3-9,14-15H,10-13H2,1-2H3,(H,30,31,32). The summed E-state index contributed by atoms with van der Waals surface area (Å²) in [6, 6.07) is 10.4. The molecule has 0 spiro atoms. The van der Waals surface area contributed by atoms with Gasteiger partial charge in [0.25, 0.3) is 5.56 Å². The normalized spacial score (nSPS) is 14.5. The number of fused-ring (bicyclic) bond motifs is 3. The molecule has 6 rings (SSSR count). The van der Waals surface area contributed by atoms with Crippen molar-refractivity contribution in [1.82, 2.24) is 29.0 Å². The molecule has 0 unspecified atom stereocenters. The molecular weight excluding hydrogens is 495 g/mol. The molecule has 37 heavy (non-hydrogen) atoms. The number of nitrogens with zero attached hydrogens (tertiary/aromatic N) is 7. The van der Waals surface area contributed by atoms with Crippen LogP contribution >= 0.6 is 11.6 Å². The first-order valence-corrected chi connectivity index (χ1v) is 12.3. The minimum atomic E-state index is -0.626. The summed E-state index contributed by atoms with van der Waals surface area (Å²) >= 11 is 6.27. The topological polar surface area (TPSA) is 83.6 Å². The Hall–Kier alpha value is -4.02. The zero-order chi connectivity index (χ0) is 25.7. The summed E-state index contributed by atoms with van der Waals surface area (Å²) < 4.78 is 17.3. The molecule has 11 heteroatoms. The van der Waals surface area contributed by atoms with Crippen LogP contribution in [0.2, 0.25) is 5.02 Å². The van der Waals surface area contributed by atoms with Crippen molar-refractivity contribution < 1.29 is 4.39 Å². The maximum Gasteiger partial charge on any atom is 0.281 e. The quantitative estimate of drug-likeness (QED) is 0.384. The lowest BCUT2D eigenvalue weighted by Crippen LogP contribution is -2.44. The van der Waals surface area contributed by atoms with E-state index in [0.717, 1.165) is 42.1 Å². The van der Waals surface area contributed by atoms with Crippen LogP contribution in [0.3, 0.4) is 0 Å². The molecule has 1 aliphatic heterocycles. The zero-order valence-electron chi connectivity index (χ0n) is 20.3. The fourth-order valence-electron chi connectivity index (χ4n) is 4.77. The first kappa shape index (κ1) is 23.4. The third-order valence-corrected chi connectivity index (χ3v) is 7.01. The van der Waals surface area contributed by atoms with E-state index in [4.69, 9.17) is 11.6 Å². The van der Waals surface area contributed by atoms with Crippen molar-refractivity contribution in [1.29, 1.82) is 0 Å². The predicted octanol–water partition coefficient (Wildman–Crippen LogP) is 4.02. The summed E-state index contributed by atoms with van der Waals surface area (Å²) in [5.41, 5.74) is 3.35. The highest BCUT2D eigenvalue weighted by atomic mass is 35.5. The number of benzene rings is 2. The number of anilines is 3. The van der Waals surface area contributed by atoms with Crippen LogP contribution in [0, 0.1) is 12.7 Å². The largest absolute Gasteiger partial charge is 0.369 e. The summed E-state index contributed by atoms with van der Waals surface area (Å²) in [7, 11) is 2.14. The molecule has 0 bridgehead atoms. The van der Waals surface area contributed by atoms with Gasteiger partial charge in [-0.15, -0.1) is 0 Å². The van der Waals surface area contributed by atoms with E-state index in [0.29, 0.717) is 17.1 Å². The highest BCUT2D eigenvalue weighted by molar-refractivity contribution is 6.32. The van der Waals surface area contributed by atoms with Crippen LogP contribution < -0.4 is 15.8 Å². The van der Waals surface area contributed by atoms with Gasteiger partial charge in [-0.2, -0.15) is 0 Å². The van der Waals surface area contributed by atoms with Crippen molar-refractivity contribution in [3.63, 3.8) is 0 Å².